The Morgan fingerprint density at radius 3 is 2.81 bits per heavy atom. The van der Waals surface area contributed by atoms with E-state index in [1.807, 2.05) is 24.3 Å². The van der Waals surface area contributed by atoms with Gasteiger partial charge in [-0.05, 0) is 56.5 Å². The molecule has 1 heterocycles. The first-order valence-corrected chi connectivity index (χ1v) is 8.18. The first kappa shape index (κ1) is 14.3. The van der Waals surface area contributed by atoms with Gasteiger partial charge in [0.1, 0.15) is 5.75 Å². The number of hydrogen-bond donors (Lipinski definition) is 0. The molecule has 0 saturated heterocycles. The largest absolute Gasteiger partial charge is 0.496 e. The van der Waals surface area contributed by atoms with Crippen molar-refractivity contribution in [3.8, 4) is 5.75 Å². The number of thiophene rings is 1. The zero-order valence-corrected chi connectivity index (χ0v) is 13.8. The lowest BCUT2D eigenvalue weighted by Gasteiger charge is -2.05. The molecule has 2 aromatic carbocycles. The third-order valence-electron chi connectivity index (χ3n) is 3.39. The lowest BCUT2D eigenvalue weighted by molar-refractivity contribution is 0.0993. The van der Waals surface area contributed by atoms with Gasteiger partial charge in [-0.3, -0.25) is 4.79 Å². The van der Waals surface area contributed by atoms with Gasteiger partial charge in [-0.25, -0.2) is 0 Å². The van der Waals surface area contributed by atoms with Gasteiger partial charge < -0.3 is 4.74 Å². The lowest BCUT2D eigenvalue weighted by atomic mass is 10.0. The minimum Gasteiger partial charge on any atom is -0.496 e. The molecule has 2 nitrogen and oxygen atoms in total. The summed E-state index contributed by atoms with van der Waals surface area (Å²) in [5, 5.41) is 3.24. The van der Waals surface area contributed by atoms with Crippen molar-refractivity contribution in [3.63, 3.8) is 0 Å². The average Bonchev–Trinajstić information content (AvgIpc) is 2.90. The second-order valence-electron chi connectivity index (χ2n) is 4.71. The second kappa shape index (κ2) is 6.00. The smallest absolute Gasteiger partial charge is 0.167 e. The minimum atomic E-state index is 0.113. The minimum absolute atomic E-state index is 0.113. The molecule has 3 aromatic rings. The number of benzene rings is 2. The number of hydrogen-bond acceptors (Lipinski definition) is 3. The molecule has 0 fully saturated rings. The van der Waals surface area contributed by atoms with Gasteiger partial charge in [0.2, 0.25) is 0 Å². The molecular weight excluding hydrogens is 348 g/mol. The van der Waals surface area contributed by atoms with Crippen molar-refractivity contribution in [2.75, 3.05) is 7.11 Å². The maximum Gasteiger partial charge on any atom is 0.167 e. The van der Waals surface area contributed by atoms with Gasteiger partial charge in [-0.15, -0.1) is 11.3 Å². The van der Waals surface area contributed by atoms with Crippen molar-refractivity contribution in [2.24, 2.45) is 0 Å². The fraction of sp³-hybridized carbons (Fsp3) is 0.118. The molecule has 21 heavy (non-hydrogen) atoms. The normalized spacial score (nSPS) is 10.8. The Morgan fingerprint density at radius 2 is 2.05 bits per heavy atom. The summed E-state index contributed by atoms with van der Waals surface area (Å²) >= 11 is 5.10. The molecule has 3 rings (SSSR count). The number of fused-ring (bicyclic) bond motifs is 1. The van der Waals surface area contributed by atoms with Crippen LogP contribution in [0, 0.1) is 0 Å². The zero-order valence-electron chi connectivity index (χ0n) is 11.4. The van der Waals surface area contributed by atoms with Crippen LogP contribution in [0.3, 0.4) is 0 Å². The van der Waals surface area contributed by atoms with Crippen molar-refractivity contribution in [1.82, 2.24) is 0 Å². The van der Waals surface area contributed by atoms with Crippen LogP contribution in [0.2, 0.25) is 0 Å². The van der Waals surface area contributed by atoms with Crippen LogP contribution in [-0.2, 0) is 6.42 Å². The molecule has 0 spiro atoms. The maximum atomic E-state index is 12.5. The summed E-state index contributed by atoms with van der Waals surface area (Å²) in [5.41, 5.74) is 1.78. The standard InChI is InChI=1S/C17H13BrO2S/c1-20-16-7-6-11(8-14(16)18)15(19)9-12-10-21-17-5-3-2-4-13(12)17/h2-8,10H,9H2,1H3. The van der Waals surface area contributed by atoms with Crippen LogP contribution in [0.15, 0.2) is 52.3 Å². The van der Waals surface area contributed by atoms with Gasteiger partial charge in [0.25, 0.3) is 0 Å². The Morgan fingerprint density at radius 1 is 1.24 bits per heavy atom. The number of rotatable bonds is 4. The highest BCUT2D eigenvalue weighted by Gasteiger charge is 2.12. The molecule has 0 aliphatic heterocycles. The van der Waals surface area contributed by atoms with Gasteiger partial charge >= 0.3 is 0 Å². The second-order valence-corrected chi connectivity index (χ2v) is 6.47. The van der Waals surface area contributed by atoms with E-state index in [1.165, 1.54) is 10.1 Å². The van der Waals surface area contributed by atoms with E-state index in [1.54, 1.807) is 24.5 Å². The number of ether oxygens (including phenoxy) is 1. The number of carbonyl (C=O) groups excluding carboxylic acids is 1. The molecule has 4 heteroatoms. The van der Waals surface area contributed by atoms with Gasteiger partial charge in [-0.1, -0.05) is 18.2 Å². The number of carbonyl (C=O) groups is 1. The lowest BCUT2D eigenvalue weighted by Crippen LogP contribution is -2.03. The summed E-state index contributed by atoms with van der Waals surface area (Å²) in [7, 11) is 1.61. The van der Waals surface area contributed by atoms with Crippen molar-refractivity contribution >= 4 is 43.1 Å². The van der Waals surface area contributed by atoms with E-state index in [2.05, 4.69) is 33.4 Å². The van der Waals surface area contributed by atoms with E-state index in [0.29, 0.717) is 12.0 Å². The molecule has 1 aromatic heterocycles. The van der Waals surface area contributed by atoms with Crippen LogP contribution in [0.1, 0.15) is 15.9 Å². The highest BCUT2D eigenvalue weighted by Crippen LogP contribution is 2.29. The number of Topliss-reactive ketones (excluding diaryl/α,β-unsaturated/α-hetero) is 1. The SMILES string of the molecule is COc1ccc(C(=O)Cc2csc3ccccc23)cc1Br. The van der Waals surface area contributed by atoms with E-state index < -0.39 is 0 Å². The quantitative estimate of drug-likeness (QED) is 0.605. The van der Waals surface area contributed by atoms with E-state index in [0.717, 1.165) is 15.8 Å². The third kappa shape index (κ3) is 2.87. The van der Waals surface area contributed by atoms with Gasteiger partial charge in [-0.2, -0.15) is 0 Å². The zero-order chi connectivity index (χ0) is 14.8. The number of ketones is 1. The summed E-state index contributed by atoms with van der Waals surface area (Å²) in [6, 6.07) is 13.6. The fourth-order valence-electron chi connectivity index (χ4n) is 2.28. The van der Waals surface area contributed by atoms with E-state index >= 15 is 0 Å². The fourth-order valence-corrected chi connectivity index (χ4v) is 3.79. The van der Waals surface area contributed by atoms with Gasteiger partial charge in [0.15, 0.2) is 5.78 Å². The van der Waals surface area contributed by atoms with Crippen molar-refractivity contribution in [2.45, 2.75) is 6.42 Å². The van der Waals surface area contributed by atoms with Gasteiger partial charge in [0.05, 0.1) is 11.6 Å². The Labute approximate surface area is 135 Å². The summed E-state index contributed by atoms with van der Waals surface area (Å²) in [5.74, 6) is 0.842. The number of halogens is 1. The molecule has 0 unspecified atom stereocenters. The van der Waals surface area contributed by atoms with Crippen LogP contribution in [-0.4, -0.2) is 12.9 Å². The number of methoxy groups -OCH3 is 1. The third-order valence-corrected chi connectivity index (χ3v) is 5.02. The average molecular weight is 361 g/mol. The Bertz CT molecular complexity index is 807. The predicted molar refractivity (Wildman–Crippen MR) is 90.6 cm³/mol. The van der Waals surface area contributed by atoms with Gasteiger partial charge in [0, 0.05) is 16.7 Å². The molecule has 0 N–H and O–H groups in total. The highest BCUT2D eigenvalue weighted by atomic mass is 79.9. The Kier molecular flexibility index (Phi) is 4.08. The molecule has 0 radical (unpaired) electrons. The van der Waals surface area contributed by atoms with Crippen molar-refractivity contribution in [3.05, 3.63) is 63.4 Å². The van der Waals surface area contributed by atoms with E-state index in [4.69, 9.17) is 4.74 Å². The molecule has 0 atom stereocenters. The Balaban J connectivity index is 1.88. The summed E-state index contributed by atoms with van der Waals surface area (Å²) in [6.45, 7) is 0. The maximum absolute atomic E-state index is 12.5. The molecule has 0 aliphatic carbocycles. The molecule has 0 bridgehead atoms. The first-order chi connectivity index (χ1) is 10.2. The molecule has 106 valence electrons. The Hall–Kier alpha value is -1.65. The van der Waals surface area contributed by atoms with Crippen LogP contribution >= 0.6 is 27.3 Å². The molecule has 0 aliphatic rings. The van der Waals surface area contributed by atoms with Crippen LogP contribution in [0.25, 0.3) is 10.1 Å². The molecule has 0 saturated carbocycles. The van der Waals surface area contributed by atoms with E-state index in [-0.39, 0.29) is 5.78 Å². The van der Waals surface area contributed by atoms with Crippen molar-refractivity contribution in [1.29, 1.82) is 0 Å². The monoisotopic (exact) mass is 360 g/mol. The first-order valence-electron chi connectivity index (χ1n) is 6.51. The predicted octanol–water partition coefficient (Wildman–Crippen LogP) is 5.10. The summed E-state index contributed by atoms with van der Waals surface area (Å²) in [4.78, 5) is 12.5. The van der Waals surface area contributed by atoms with Crippen LogP contribution in [0.4, 0.5) is 0 Å². The summed E-state index contributed by atoms with van der Waals surface area (Å²) < 4.78 is 7.20. The molecular formula is C17H13BrO2S. The summed E-state index contributed by atoms with van der Waals surface area (Å²) in [6.07, 6.45) is 0.419. The molecule has 0 amide bonds. The highest BCUT2D eigenvalue weighted by molar-refractivity contribution is 9.10. The van der Waals surface area contributed by atoms with Crippen LogP contribution < -0.4 is 4.74 Å². The van der Waals surface area contributed by atoms with Crippen LogP contribution in [0.5, 0.6) is 5.75 Å². The topological polar surface area (TPSA) is 26.3 Å². The van der Waals surface area contributed by atoms with E-state index in [9.17, 15) is 4.79 Å². The van der Waals surface area contributed by atoms with Crippen molar-refractivity contribution < 1.29 is 9.53 Å².